The van der Waals surface area contributed by atoms with Gasteiger partial charge in [0, 0.05) is 0 Å². The molecule has 0 bridgehead atoms. The summed E-state index contributed by atoms with van der Waals surface area (Å²) >= 11 is 12.9. The number of rotatable bonds is 2. The van der Waals surface area contributed by atoms with Gasteiger partial charge in [-0.05, 0) is 12.1 Å². The molecule has 0 saturated heterocycles. The summed E-state index contributed by atoms with van der Waals surface area (Å²) in [6.45, 7) is 0. The zero-order valence-corrected chi connectivity index (χ0v) is 9.23. The highest BCUT2D eigenvalue weighted by Gasteiger charge is 2.05. The fourth-order valence-electron chi connectivity index (χ4n) is 0.908. The van der Waals surface area contributed by atoms with Crippen molar-refractivity contribution in [1.82, 2.24) is 4.98 Å². The molecule has 14 heavy (non-hydrogen) atoms. The van der Waals surface area contributed by atoms with E-state index in [0.29, 0.717) is 20.3 Å². The van der Waals surface area contributed by atoms with E-state index in [0.717, 1.165) is 0 Å². The molecular formula is C9H5Cl2NOS. The first-order valence-electron chi connectivity index (χ1n) is 3.79. The molecule has 5 heteroatoms. The largest absolute Gasteiger partial charge is 0.429 e. The smallest absolute Gasteiger partial charge is 0.280 e. The van der Waals surface area contributed by atoms with Crippen LogP contribution in [0.2, 0.25) is 9.36 Å². The standard InChI is InChI=1S/C9H5Cl2NOS/c10-6-3-1-2-4-7(6)13-9-12-5-8(11)14-9/h1-5H. The van der Waals surface area contributed by atoms with Crippen LogP contribution in [0.4, 0.5) is 0 Å². The lowest BCUT2D eigenvalue weighted by Gasteiger charge is -2.02. The SMILES string of the molecule is Clc1cnc(Oc2ccccc2Cl)s1. The predicted octanol–water partition coefficient (Wildman–Crippen LogP) is 4.24. The number of nitrogens with zero attached hydrogens (tertiary/aromatic N) is 1. The second-order valence-electron chi connectivity index (χ2n) is 2.46. The fraction of sp³-hybridized carbons (Fsp3) is 0. The summed E-state index contributed by atoms with van der Waals surface area (Å²) < 4.78 is 6.01. The lowest BCUT2D eigenvalue weighted by Crippen LogP contribution is -1.82. The third-order valence-corrected chi connectivity index (χ3v) is 2.80. The van der Waals surface area contributed by atoms with Crippen molar-refractivity contribution in [2.75, 3.05) is 0 Å². The molecule has 2 rings (SSSR count). The molecule has 2 nitrogen and oxygen atoms in total. The number of ether oxygens (including phenoxy) is 1. The summed E-state index contributed by atoms with van der Waals surface area (Å²) in [5.41, 5.74) is 0. The second-order valence-corrected chi connectivity index (χ2v) is 4.49. The Kier molecular flexibility index (Phi) is 2.91. The Labute approximate surface area is 95.1 Å². The van der Waals surface area contributed by atoms with Crippen molar-refractivity contribution in [2.24, 2.45) is 0 Å². The molecule has 0 amide bonds. The Bertz CT molecular complexity index is 444. The molecule has 0 aliphatic heterocycles. The van der Waals surface area contributed by atoms with E-state index < -0.39 is 0 Å². The van der Waals surface area contributed by atoms with Gasteiger partial charge in [-0.15, -0.1) is 0 Å². The van der Waals surface area contributed by atoms with E-state index in [9.17, 15) is 0 Å². The van der Waals surface area contributed by atoms with E-state index >= 15 is 0 Å². The first-order valence-corrected chi connectivity index (χ1v) is 5.36. The Morgan fingerprint density at radius 3 is 2.64 bits per heavy atom. The van der Waals surface area contributed by atoms with Gasteiger partial charge in [0.25, 0.3) is 5.19 Å². The van der Waals surface area contributed by atoms with Crippen LogP contribution in [0, 0.1) is 0 Å². The van der Waals surface area contributed by atoms with Crippen molar-refractivity contribution >= 4 is 34.5 Å². The van der Waals surface area contributed by atoms with Gasteiger partial charge in [-0.3, -0.25) is 0 Å². The number of hydrogen-bond donors (Lipinski definition) is 0. The van der Waals surface area contributed by atoms with E-state index in [-0.39, 0.29) is 0 Å². The third-order valence-electron chi connectivity index (χ3n) is 1.49. The van der Waals surface area contributed by atoms with Crippen molar-refractivity contribution in [3.05, 3.63) is 39.8 Å². The van der Waals surface area contributed by atoms with Gasteiger partial charge < -0.3 is 4.74 Å². The molecule has 0 N–H and O–H groups in total. The quantitative estimate of drug-likeness (QED) is 0.790. The van der Waals surface area contributed by atoms with E-state index in [1.807, 2.05) is 12.1 Å². The molecule has 0 aliphatic carbocycles. The van der Waals surface area contributed by atoms with E-state index in [4.69, 9.17) is 27.9 Å². The number of benzene rings is 1. The maximum Gasteiger partial charge on any atom is 0.280 e. The lowest BCUT2D eigenvalue weighted by molar-refractivity contribution is 0.479. The van der Waals surface area contributed by atoms with Crippen LogP contribution in [0.3, 0.4) is 0 Å². The van der Waals surface area contributed by atoms with Crippen molar-refractivity contribution in [3.63, 3.8) is 0 Å². The first kappa shape index (κ1) is 9.77. The summed E-state index contributed by atoms with van der Waals surface area (Å²) in [4.78, 5) is 3.96. The number of halogens is 2. The van der Waals surface area contributed by atoms with E-state index in [2.05, 4.69) is 4.98 Å². The summed E-state index contributed by atoms with van der Waals surface area (Å²) in [7, 11) is 0. The minimum absolute atomic E-state index is 0.489. The van der Waals surface area contributed by atoms with Gasteiger partial charge in [-0.1, -0.05) is 46.7 Å². The van der Waals surface area contributed by atoms with Crippen molar-refractivity contribution in [2.45, 2.75) is 0 Å². The van der Waals surface area contributed by atoms with Crippen molar-refractivity contribution in [1.29, 1.82) is 0 Å². The Hall–Kier alpha value is -0.770. The Morgan fingerprint density at radius 1 is 1.21 bits per heavy atom. The minimum atomic E-state index is 0.489. The fourth-order valence-corrected chi connectivity index (χ4v) is 1.84. The minimum Gasteiger partial charge on any atom is -0.429 e. The normalized spacial score (nSPS) is 10.1. The van der Waals surface area contributed by atoms with Crippen LogP contribution in [0.5, 0.6) is 10.9 Å². The lowest BCUT2D eigenvalue weighted by atomic mass is 10.3. The summed E-state index contributed by atoms with van der Waals surface area (Å²) in [5, 5.41) is 1.04. The van der Waals surface area contributed by atoms with Gasteiger partial charge in [0.1, 0.15) is 10.1 Å². The number of aromatic nitrogens is 1. The highest BCUT2D eigenvalue weighted by atomic mass is 35.5. The second kappa shape index (κ2) is 4.17. The molecule has 0 fully saturated rings. The van der Waals surface area contributed by atoms with Crippen LogP contribution in [0.25, 0.3) is 0 Å². The maximum absolute atomic E-state index is 5.90. The van der Waals surface area contributed by atoms with Gasteiger partial charge in [0.05, 0.1) is 11.2 Å². The van der Waals surface area contributed by atoms with E-state index in [1.54, 1.807) is 18.3 Å². The highest BCUT2D eigenvalue weighted by molar-refractivity contribution is 7.17. The molecule has 0 atom stereocenters. The summed E-state index contributed by atoms with van der Waals surface area (Å²) in [6, 6.07) is 7.21. The molecule has 0 aliphatic rings. The average Bonchev–Trinajstić information content (AvgIpc) is 2.56. The highest BCUT2D eigenvalue weighted by Crippen LogP contribution is 2.32. The monoisotopic (exact) mass is 245 g/mol. The molecule has 0 saturated carbocycles. The molecule has 1 heterocycles. The van der Waals surface area contributed by atoms with Gasteiger partial charge in [-0.2, -0.15) is 0 Å². The average molecular weight is 246 g/mol. The molecule has 2 aromatic rings. The van der Waals surface area contributed by atoms with Gasteiger partial charge in [0.2, 0.25) is 0 Å². The number of hydrogen-bond acceptors (Lipinski definition) is 3. The predicted molar refractivity (Wildman–Crippen MR) is 58.7 cm³/mol. The molecule has 0 unspecified atom stereocenters. The molecule has 72 valence electrons. The van der Waals surface area contributed by atoms with Crippen LogP contribution in [0.1, 0.15) is 0 Å². The molecular weight excluding hydrogens is 241 g/mol. The van der Waals surface area contributed by atoms with Crippen LogP contribution < -0.4 is 4.74 Å². The molecule has 1 aromatic carbocycles. The zero-order chi connectivity index (χ0) is 9.97. The third kappa shape index (κ3) is 2.18. The van der Waals surface area contributed by atoms with Crippen molar-refractivity contribution in [3.8, 4) is 10.9 Å². The number of para-hydroxylation sites is 1. The van der Waals surface area contributed by atoms with Crippen LogP contribution in [-0.2, 0) is 0 Å². The van der Waals surface area contributed by atoms with Crippen LogP contribution in [0.15, 0.2) is 30.5 Å². The molecule has 1 aromatic heterocycles. The maximum atomic E-state index is 5.90. The van der Waals surface area contributed by atoms with Crippen molar-refractivity contribution < 1.29 is 4.74 Å². The molecule has 0 spiro atoms. The summed E-state index contributed by atoms with van der Waals surface area (Å²) in [6.07, 6.45) is 1.54. The van der Waals surface area contributed by atoms with Crippen LogP contribution in [-0.4, -0.2) is 4.98 Å². The van der Waals surface area contributed by atoms with Gasteiger partial charge >= 0.3 is 0 Å². The first-order chi connectivity index (χ1) is 6.75. The van der Waals surface area contributed by atoms with Gasteiger partial charge in [-0.25, -0.2) is 4.98 Å². The topological polar surface area (TPSA) is 22.1 Å². The zero-order valence-electron chi connectivity index (χ0n) is 6.91. The van der Waals surface area contributed by atoms with E-state index in [1.165, 1.54) is 11.3 Å². The Morgan fingerprint density at radius 2 is 2.00 bits per heavy atom. The van der Waals surface area contributed by atoms with Gasteiger partial charge in [0.15, 0.2) is 0 Å². The Balaban J connectivity index is 2.23. The number of thiazole rings is 1. The molecule has 0 radical (unpaired) electrons. The summed E-state index contributed by atoms with van der Waals surface area (Å²) in [5.74, 6) is 0.584. The van der Waals surface area contributed by atoms with Crippen LogP contribution >= 0.6 is 34.5 Å².